The Hall–Kier alpha value is -0.713. The second-order valence-corrected chi connectivity index (χ2v) is 18.4. The number of nitrogens with one attached hydrogen (secondary N) is 1. The highest BCUT2D eigenvalue weighted by atomic mass is 28.4. The molecule has 0 spiro atoms. The monoisotopic (exact) mass is 637 g/mol. The number of aliphatic hydroxyl groups excluding tert-OH is 5. The Bertz CT molecular complexity index is 828. The molecule has 2 aliphatic heterocycles. The molecular formula is C30H59NO11Si. The van der Waals surface area contributed by atoms with Crippen LogP contribution < -0.4 is 5.32 Å². The van der Waals surface area contributed by atoms with Crippen LogP contribution in [0, 0.1) is 0 Å². The van der Waals surface area contributed by atoms with Gasteiger partial charge in [-0.05, 0) is 38.4 Å². The first-order valence-corrected chi connectivity index (χ1v) is 18.8. The van der Waals surface area contributed by atoms with E-state index in [0.717, 1.165) is 32.1 Å². The lowest BCUT2D eigenvalue weighted by Crippen LogP contribution is -2.63. The number of unbranched alkanes of at least 4 members (excludes halogenated alkanes) is 4. The van der Waals surface area contributed by atoms with Crippen LogP contribution in [0.25, 0.3) is 0 Å². The first-order valence-electron chi connectivity index (χ1n) is 15.9. The van der Waals surface area contributed by atoms with E-state index in [1.54, 1.807) is 6.92 Å². The molecule has 1 amide bonds. The third-order valence-corrected chi connectivity index (χ3v) is 13.5. The van der Waals surface area contributed by atoms with Crippen molar-refractivity contribution in [3.8, 4) is 0 Å². The van der Waals surface area contributed by atoms with Gasteiger partial charge in [0.1, 0.15) is 36.6 Å². The summed E-state index contributed by atoms with van der Waals surface area (Å²) in [4.78, 5) is 13.0. The summed E-state index contributed by atoms with van der Waals surface area (Å²) in [6, 6.07) is 0. The summed E-state index contributed by atoms with van der Waals surface area (Å²) in [5.74, 6) is -0.212. The molecule has 2 rings (SSSR count). The van der Waals surface area contributed by atoms with Crippen LogP contribution in [-0.2, 0) is 28.2 Å². The zero-order valence-electron chi connectivity index (χ0n) is 27.4. The van der Waals surface area contributed by atoms with Gasteiger partial charge in [-0.2, -0.15) is 0 Å². The fourth-order valence-corrected chi connectivity index (χ4v) is 5.96. The molecular weight excluding hydrogens is 578 g/mol. The standard InChI is InChI=1S/C30H59NO11Si/c1-9-10-11-12-13-14-20(17-21(32)31-15-16-38-43(7,8)30(4,5)6)41-29-27(25(36)23(34)19(3)40-29)42-28-26(37)24(35)22(33)18(2)39-28/h18-20,22-29,33-37H,9-17H2,1-8H3,(H,31,32)/t18-,19-,20?,22-,23-,24+,25+,26+,27+,28-,29-/m0/s1. The van der Waals surface area contributed by atoms with Crippen molar-refractivity contribution in [2.75, 3.05) is 13.2 Å². The van der Waals surface area contributed by atoms with Gasteiger partial charge in [-0.3, -0.25) is 4.79 Å². The molecule has 0 aromatic rings. The van der Waals surface area contributed by atoms with Crippen LogP contribution in [-0.4, -0.2) is 120 Å². The maximum atomic E-state index is 13.0. The van der Waals surface area contributed by atoms with E-state index in [9.17, 15) is 30.3 Å². The van der Waals surface area contributed by atoms with Gasteiger partial charge in [0, 0.05) is 6.54 Å². The highest BCUT2D eigenvalue weighted by molar-refractivity contribution is 6.74. The molecule has 13 heteroatoms. The Labute approximate surface area is 258 Å². The highest BCUT2D eigenvalue weighted by Gasteiger charge is 2.50. The largest absolute Gasteiger partial charge is 0.415 e. The van der Waals surface area contributed by atoms with Crippen molar-refractivity contribution in [1.82, 2.24) is 5.32 Å². The van der Waals surface area contributed by atoms with Crippen molar-refractivity contribution < 1.29 is 53.7 Å². The molecule has 1 unspecified atom stereocenters. The second-order valence-electron chi connectivity index (χ2n) is 13.6. The van der Waals surface area contributed by atoms with E-state index >= 15 is 0 Å². The lowest BCUT2D eigenvalue weighted by molar-refractivity contribution is -0.366. The molecule has 6 N–H and O–H groups in total. The first kappa shape index (κ1) is 38.5. The Morgan fingerprint density at radius 1 is 0.860 bits per heavy atom. The van der Waals surface area contributed by atoms with Crippen molar-refractivity contribution in [1.29, 1.82) is 0 Å². The SMILES string of the molecule is CCCCCCCC(CC(=O)NCCO[Si](C)(C)C(C)(C)C)O[C@@H]1O[C@@H](C)[C@H](O)[C@@H](O)[C@H]1O[C@@H]1O[C@@H](C)[C@H](O)[C@@H](O)[C@H]1O. The summed E-state index contributed by atoms with van der Waals surface area (Å²) >= 11 is 0. The Kier molecular flexibility index (Phi) is 15.5. The lowest BCUT2D eigenvalue weighted by atomic mass is 9.97. The fourth-order valence-electron chi connectivity index (χ4n) is 4.91. The van der Waals surface area contributed by atoms with E-state index < -0.39 is 75.8 Å². The van der Waals surface area contributed by atoms with E-state index in [-0.39, 0.29) is 17.4 Å². The second kappa shape index (κ2) is 17.3. The van der Waals surface area contributed by atoms with Crippen molar-refractivity contribution >= 4 is 14.2 Å². The zero-order chi connectivity index (χ0) is 32.5. The minimum absolute atomic E-state index is 0.0397. The number of amides is 1. The lowest BCUT2D eigenvalue weighted by Gasteiger charge is -2.46. The van der Waals surface area contributed by atoms with Gasteiger partial charge in [0.05, 0.1) is 31.3 Å². The van der Waals surface area contributed by atoms with Gasteiger partial charge < -0.3 is 54.2 Å². The van der Waals surface area contributed by atoms with Crippen LogP contribution in [0.15, 0.2) is 0 Å². The number of rotatable bonds is 16. The smallest absolute Gasteiger partial charge is 0.222 e. The minimum Gasteiger partial charge on any atom is -0.415 e. The fraction of sp³-hybridized carbons (Fsp3) is 0.967. The van der Waals surface area contributed by atoms with Gasteiger partial charge in [-0.1, -0.05) is 59.8 Å². The summed E-state index contributed by atoms with van der Waals surface area (Å²) in [6.45, 7) is 16.8. The maximum Gasteiger partial charge on any atom is 0.222 e. The average Bonchev–Trinajstić information content (AvgIpc) is 2.92. The van der Waals surface area contributed by atoms with Gasteiger partial charge in [0.15, 0.2) is 20.9 Å². The highest BCUT2D eigenvalue weighted by Crippen LogP contribution is 2.36. The summed E-state index contributed by atoms with van der Waals surface area (Å²) in [6.07, 6.45) is -7.84. The number of aliphatic hydroxyl groups is 5. The van der Waals surface area contributed by atoms with Crippen LogP contribution >= 0.6 is 0 Å². The van der Waals surface area contributed by atoms with Gasteiger partial charge in [0.2, 0.25) is 5.91 Å². The van der Waals surface area contributed by atoms with E-state index in [4.69, 9.17) is 23.4 Å². The Morgan fingerprint density at radius 2 is 1.44 bits per heavy atom. The molecule has 2 aliphatic rings. The van der Waals surface area contributed by atoms with Crippen LogP contribution in [0.4, 0.5) is 0 Å². The molecule has 2 fully saturated rings. The molecule has 0 saturated carbocycles. The summed E-state index contributed by atoms with van der Waals surface area (Å²) < 4.78 is 29.8. The van der Waals surface area contributed by atoms with Crippen molar-refractivity contribution in [3.63, 3.8) is 0 Å². The third kappa shape index (κ3) is 11.2. The van der Waals surface area contributed by atoms with Crippen LogP contribution in [0.5, 0.6) is 0 Å². The Morgan fingerprint density at radius 3 is 2.05 bits per heavy atom. The molecule has 0 radical (unpaired) electrons. The molecule has 0 aromatic carbocycles. The molecule has 2 saturated heterocycles. The maximum absolute atomic E-state index is 13.0. The Balaban J connectivity index is 2.10. The van der Waals surface area contributed by atoms with Gasteiger partial charge in [-0.25, -0.2) is 0 Å². The normalized spacial score (nSPS) is 34.6. The van der Waals surface area contributed by atoms with E-state index in [0.29, 0.717) is 19.6 Å². The average molecular weight is 638 g/mol. The molecule has 12 nitrogen and oxygen atoms in total. The quantitative estimate of drug-likeness (QED) is 0.108. The molecule has 43 heavy (non-hydrogen) atoms. The van der Waals surface area contributed by atoms with Crippen LogP contribution in [0.1, 0.15) is 86.5 Å². The number of ether oxygens (including phenoxy) is 4. The molecule has 0 bridgehead atoms. The van der Waals surface area contributed by atoms with E-state index in [1.165, 1.54) is 6.92 Å². The van der Waals surface area contributed by atoms with Gasteiger partial charge in [0.25, 0.3) is 0 Å². The third-order valence-electron chi connectivity index (χ3n) is 8.95. The van der Waals surface area contributed by atoms with Crippen LogP contribution in [0.3, 0.4) is 0 Å². The number of carbonyl (C=O) groups is 1. The van der Waals surface area contributed by atoms with Gasteiger partial charge in [-0.15, -0.1) is 0 Å². The van der Waals surface area contributed by atoms with Crippen molar-refractivity contribution in [2.24, 2.45) is 0 Å². The molecule has 11 atom stereocenters. The molecule has 2 heterocycles. The first-order chi connectivity index (χ1) is 20.0. The number of hydrogen-bond acceptors (Lipinski definition) is 11. The summed E-state index contributed by atoms with van der Waals surface area (Å²) in [7, 11) is -1.94. The molecule has 0 aromatic heterocycles. The minimum atomic E-state index is -1.94. The molecule has 254 valence electrons. The predicted molar refractivity (Wildman–Crippen MR) is 163 cm³/mol. The predicted octanol–water partition coefficient (Wildman–Crippen LogP) is 1.94. The van der Waals surface area contributed by atoms with Gasteiger partial charge >= 0.3 is 0 Å². The number of carbonyl (C=O) groups excluding carboxylic acids is 1. The van der Waals surface area contributed by atoms with E-state index in [2.05, 4.69) is 46.1 Å². The van der Waals surface area contributed by atoms with E-state index in [1.807, 2.05) is 0 Å². The molecule has 0 aliphatic carbocycles. The summed E-state index contributed by atoms with van der Waals surface area (Å²) in [5, 5.41) is 55.2. The number of hydrogen-bond donors (Lipinski definition) is 6. The topological polar surface area (TPSA) is 176 Å². The van der Waals surface area contributed by atoms with Crippen LogP contribution in [0.2, 0.25) is 18.1 Å². The van der Waals surface area contributed by atoms with Crippen molar-refractivity contribution in [2.45, 2.75) is 172 Å². The zero-order valence-corrected chi connectivity index (χ0v) is 28.4. The van der Waals surface area contributed by atoms with Crippen molar-refractivity contribution in [3.05, 3.63) is 0 Å². The summed E-state index contributed by atoms with van der Waals surface area (Å²) in [5.41, 5.74) is 0.